The minimum Gasteiger partial charge on any atom is -0.379 e. The monoisotopic (exact) mass is 203 g/mol. The molecule has 4 heteroatoms. The summed E-state index contributed by atoms with van der Waals surface area (Å²) in [7, 11) is -1.37. The predicted molar refractivity (Wildman–Crippen MR) is 59.4 cm³/mol. The number of nitrogens with zero attached hydrogens (tertiary/aromatic N) is 1. The molecule has 0 aromatic carbocycles. The SMILES string of the molecule is C=C[Si](C)(C)N1CCSC1=S. The maximum absolute atomic E-state index is 5.23. The number of thiocarbonyl (C=S) groups is 1. The highest BCUT2D eigenvalue weighted by molar-refractivity contribution is 8.23. The summed E-state index contributed by atoms with van der Waals surface area (Å²) in [5, 5.41) is 0. The molecule has 62 valence electrons. The predicted octanol–water partition coefficient (Wildman–Crippen LogP) is 2.25. The van der Waals surface area contributed by atoms with Crippen molar-refractivity contribution in [1.82, 2.24) is 4.57 Å². The zero-order valence-corrected chi connectivity index (χ0v) is 9.60. The number of hydrogen-bond acceptors (Lipinski definition) is 2. The van der Waals surface area contributed by atoms with Crippen LogP contribution in [0.3, 0.4) is 0 Å². The van der Waals surface area contributed by atoms with Gasteiger partial charge in [0.2, 0.25) is 0 Å². The third kappa shape index (κ3) is 1.86. The van der Waals surface area contributed by atoms with Crippen LogP contribution in [0.5, 0.6) is 0 Å². The Balaban J connectivity index is 2.73. The molecule has 0 bridgehead atoms. The highest BCUT2D eigenvalue weighted by Gasteiger charge is 2.31. The smallest absolute Gasteiger partial charge is 0.175 e. The van der Waals surface area contributed by atoms with Crippen molar-refractivity contribution in [1.29, 1.82) is 0 Å². The summed E-state index contributed by atoms with van der Waals surface area (Å²) in [5.74, 6) is 1.16. The van der Waals surface area contributed by atoms with Gasteiger partial charge in [-0.05, 0) is 13.1 Å². The molecule has 1 fully saturated rings. The van der Waals surface area contributed by atoms with Gasteiger partial charge < -0.3 is 4.57 Å². The van der Waals surface area contributed by atoms with E-state index in [-0.39, 0.29) is 0 Å². The first-order valence-corrected chi connectivity index (χ1v) is 8.08. The van der Waals surface area contributed by atoms with Crippen LogP contribution in [0, 0.1) is 0 Å². The molecule has 0 aromatic rings. The van der Waals surface area contributed by atoms with Gasteiger partial charge in [0.25, 0.3) is 0 Å². The van der Waals surface area contributed by atoms with Gasteiger partial charge in [0, 0.05) is 12.3 Å². The summed E-state index contributed by atoms with van der Waals surface area (Å²) in [5.41, 5.74) is 2.09. The van der Waals surface area contributed by atoms with Crippen LogP contribution in [0.25, 0.3) is 0 Å². The fourth-order valence-electron chi connectivity index (χ4n) is 1.03. The summed E-state index contributed by atoms with van der Waals surface area (Å²) >= 11 is 7.02. The lowest BCUT2D eigenvalue weighted by molar-refractivity contribution is 0.696. The zero-order valence-electron chi connectivity index (χ0n) is 6.96. The van der Waals surface area contributed by atoms with Gasteiger partial charge in [-0.3, -0.25) is 0 Å². The molecular formula is C7H13NS2Si. The molecule has 0 atom stereocenters. The molecule has 1 aliphatic heterocycles. The van der Waals surface area contributed by atoms with E-state index in [0.29, 0.717) is 0 Å². The molecule has 11 heavy (non-hydrogen) atoms. The minimum absolute atomic E-state index is 1.07. The Bertz CT molecular complexity index is 191. The zero-order chi connectivity index (χ0) is 8.48. The Morgan fingerprint density at radius 3 is 2.73 bits per heavy atom. The second kappa shape index (κ2) is 3.29. The van der Waals surface area contributed by atoms with Crippen LogP contribution in [-0.4, -0.2) is 29.4 Å². The highest BCUT2D eigenvalue weighted by atomic mass is 32.2. The fourth-order valence-corrected chi connectivity index (χ4v) is 5.21. The van der Waals surface area contributed by atoms with E-state index in [1.807, 2.05) is 0 Å². The molecule has 0 spiro atoms. The molecule has 0 unspecified atom stereocenters. The van der Waals surface area contributed by atoms with Crippen LogP contribution in [0.2, 0.25) is 13.1 Å². The Morgan fingerprint density at radius 2 is 2.36 bits per heavy atom. The molecule has 0 radical (unpaired) electrons. The first-order valence-electron chi connectivity index (χ1n) is 3.66. The lowest BCUT2D eigenvalue weighted by Crippen LogP contribution is -2.47. The molecular weight excluding hydrogens is 190 g/mol. The number of rotatable bonds is 2. The minimum atomic E-state index is -1.37. The second-order valence-electron chi connectivity index (χ2n) is 3.12. The Morgan fingerprint density at radius 1 is 1.73 bits per heavy atom. The quantitative estimate of drug-likeness (QED) is 0.501. The largest absolute Gasteiger partial charge is 0.379 e. The van der Waals surface area contributed by atoms with Crippen LogP contribution >= 0.6 is 24.0 Å². The van der Waals surface area contributed by atoms with Gasteiger partial charge in [-0.15, -0.1) is 6.58 Å². The van der Waals surface area contributed by atoms with Crippen molar-refractivity contribution in [2.75, 3.05) is 12.3 Å². The summed E-state index contributed by atoms with van der Waals surface area (Å²) in [6, 6.07) is 0. The number of hydrogen-bond donors (Lipinski definition) is 0. The van der Waals surface area contributed by atoms with Crippen molar-refractivity contribution in [3.8, 4) is 0 Å². The van der Waals surface area contributed by atoms with Crippen LogP contribution in [0.1, 0.15) is 0 Å². The Kier molecular flexibility index (Phi) is 2.78. The van der Waals surface area contributed by atoms with Gasteiger partial charge in [0.15, 0.2) is 8.24 Å². The summed E-state index contributed by atoms with van der Waals surface area (Å²) in [6.07, 6.45) is 0. The normalized spacial score (nSPS) is 19.1. The van der Waals surface area contributed by atoms with Gasteiger partial charge in [-0.1, -0.05) is 29.7 Å². The Hall–Kier alpha value is 0.197. The molecule has 0 aliphatic carbocycles. The summed E-state index contributed by atoms with van der Waals surface area (Å²) in [4.78, 5) is 0. The van der Waals surface area contributed by atoms with Gasteiger partial charge in [-0.25, -0.2) is 0 Å². The van der Waals surface area contributed by atoms with Gasteiger partial charge in [0.05, 0.1) is 0 Å². The Labute approximate surface area is 78.9 Å². The molecule has 0 amide bonds. The molecule has 0 saturated carbocycles. The van der Waals surface area contributed by atoms with Gasteiger partial charge in [-0.2, -0.15) is 0 Å². The van der Waals surface area contributed by atoms with Crippen LogP contribution in [0.4, 0.5) is 0 Å². The van der Waals surface area contributed by atoms with Crippen molar-refractivity contribution in [2.45, 2.75) is 13.1 Å². The van der Waals surface area contributed by atoms with Crippen molar-refractivity contribution in [3.05, 3.63) is 12.3 Å². The fraction of sp³-hybridized carbons (Fsp3) is 0.571. The van der Waals surface area contributed by atoms with E-state index in [1.54, 1.807) is 11.8 Å². The van der Waals surface area contributed by atoms with E-state index in [1.165, 1.54) is 0 Å². The van der Waals surface area contributed by atoms with Crippen molar-refractivity contribution >= 4 is 36.5 Å². The maximum Gasteiger partial charge on any atom is 0.175 e. The molecule has 1 heterocycles. The first-order chi connectivity index (χ1) is 5.08. The van der Waals surface area contributed by atoms with Crippen molar-refractivity contribution < 1.29 is 0 Å². The molecule has 1 nitrogen and oxygen atoms in total. The molecule has 1 rings (SSSR count). The van der Waals surface area contributed by atoms with E-state index >= 15 is 0 Å². The number of thioether (sulfide) groups is 1. The maximum atomic E-state index is 5.23. The lowest BCUT2D eigenvalue weighted by atomic mass is 10.8. The lowest BCUT2D eigenvalue weighted by Gasteiger charge is -2.31. The van der Waals surface area contributed by atoms with E-state index in [9.17, 15) is 0 Å². The summed E-state index contributed by atoms with van der Waals surface area (Å²) < 4.78 is 3.43. The standard InChI is InChI=1S/C7H13NS2Si/c1-4-11(2,3)8-5-6-10-7(8)9/h4H,1,5-6H2,2-3H3. The third-order valence-corrected chi connectivity index (χ3v) is 6.55. The van der Waals surface area contributed by atoms with Crippen LogP contribution < -0.4 is 0 Å². The topological polar surface area (TPSA) is 3.24 Å². The first kappa shape index (κ1) is 9.29. The third-order valence-electron chi connectivity index (χ3n) is 1.96. The second-order valence-corrected chi connectivity index (χ2v) is 9.11. The van der Waals surface area contributed by atoms with E-state index in [2.05, 4.69) is 29.9 Å². The molecule has 0 N–H and O–H groups in total. The van der Waals surface area contributed by atoms with Crippen molar-refractivity contribution in [3.63, 3.8) is 0 Å². The average molecular weight is 203 g/mol. The van der Waals surface area contributed by atoms with E-state index in [0.717, 1.165) is 16.6 Å². The van der Waals surface area contributed by atoms with Crippen LogP contribution in [-0.2, 0) is 0 Å². The molecule has 0 aromatic heterocycles. The van der Waals surface area contributed by atoms with E-state index in [4.69, 9.17) is 12.2 Å². The summed E-state index contributed by atoms with van der Waals surface area (Å²) in [6.45, 7) is 9.53. The molecule has 1 aliphatic rings. The van der Waals surface area contributed by atoms with Crippen LogP contribution in [0.15, 0.2) is 12.3 Å². The van der Waals surface area contributed by atoms with E-state index < -0.39 is 8.24 Å². The van der Waals surface area contributed by atoms with Gasteiger partial charge in [0.1, 0.15) is 4.32 Å². The molecule has 1 saturated heterocycles. The highest BCUT2D eigenvalue weighted by Crippen LogP contribution is 2.24. The van der Waals surface area contributed by atoms with Crippen molar-refractivity contribution in [2.24, 2.45) is 0 Å². The van der Waals surface area contributed by atoms with Gasteiger partial charge >= 0.3 is 0 Å². The average Bonchev–Trinajstić information content (AvgIpc) is 2.36.